The molecule has 1 heterocycles. The van der Waals surface area contributed by atoms with Crippen LogP contribution in [0, 0.1) is 17.8 Å². The molecule has 2 aromatic rings. The number of carbonyl (C=O) groups is 10. The van der Waals surface area contributed by atoms with Gasteiger partial charge in [-0.1, -0.05) is 116 Å². The van der Waals surface area contributed by atoms with Gasteiger partial charge >= 0.3 is 6.03 Å². The Kier molecular flexibility index (Phi) is 31.5. The summed E-state index contributed by atoms with van der Waals surface area (Å²) in [5.74, 6) is -4.58. The summed E-state index contributed by atoms with van der Waals surface area (Å²) in [6.45, 7) is 26.4. The van der Waals surface area contributed by atoms with Gasteiger partial charge in [-0.3, -0.25) is 43.3 Å². The van der Waals surface area contributed by atoms with Crippen molar-refractivity contribution in [1.82, 2.24) is 50.7 Å². The summed E-state index contributed by atoms with van der Waals surface area (Å²) in [5, 5.41) is 22.7. The van der Waals surface area contributed by atoms with Crippen LogP contribution < -0.4 is 21.3 Å². The monoisotopic (exact) mass is 1260 g/mol. The van der Waals surface area contributed by atoms with Crippen LogP contribution in [0.4, 0.5) is 4.79 Å². The molecule has 1 aliphatic heterocycles. The minimum atomic E-state index is -1.60. The third-order valence-corrected chi connectivity index (χ3v) is 16.8. The zero-order chi connectivity index (χ0) is 67.9. The van der Waals surface area contributed by atoms with Gasteiger partial charge in [-0.2, -0.15) is 0 Å². The molecule has 10 atom stereocenters. The first-order valence-electron chi connectivity index (χ1n) is 32.1. The number of aldehydes is 1. The van der Waals surface area contributed by atoms with E-state index in [9.17, 15) is 53.1 Å². The summed E-state index contributed by atoms with van der Waals surface area (Å²) in [6.07, 6.45) is 3.43. The molecular weight excluding hydrogens is 1150 g/mol. The lowest BCUT2D eigenvalue weighted by atomic mass is 9.97. The number of piperidine rings is 1. The Morgan fingerprint density at radius 3 is 1.80 bits per heavy atom. The van der Waals surface area contributed by atoms with Gasteiger partial charge in [-0.15, -0.1) is 0 Å². The highest BCUT2D eigenvalue weighted by atomic mass is 16.5. The maximum absolute atomic E-state index is 14.8. The number of likely N-dealkylation sites (tertiary alicyclic amines) is 1. The van der Waals surface area contributed by atoms with E-state index in [1.165, 1.54) is 42.8 Å². The van der Waals surface area contributed by atoms with Gasteiger partial charge in [0.05, 0.1) is 30.4 Å². The second-order valence-corrected chi connectivity index (χ2v) is 26.1. The third-order valence-electron chi connectivity index (χ3n) is 16.8. The minimum Gasteiger partial charge on any atom is -0.391 e. The molecule has 0 saturated carbocycles. The van der Waals surface area contributed by atoms with E-state index in [0.29, 0.717) is 48.9 Å². The first kappa shape index (κ1) is 77.2. The van der Waals surface area contributed by atoms with E-state index in [1.54, 1.807) is 102 Å². The average molecular weight is 1260 g/mol. The highest BCUT2D eigenvalue weighted by Gasteiger charge is 2.42. The molecule has 10 amide bonds. The number of ether oxygens (including phenoxy) is 1. The minimum absolute atomic E-state index is 0.0200. The lowest BCUT2D eigenvalue weighted by molar-refractivity contribution is -0.149. The van der Waals surface area contributed by atoms with E-state index in [2.05, 4.69) is 27.8 Å². The van der Waals surface area contributed by atoms with Gasteiger partial charge in [0.1, 0.15) is 42.5 Å². The van der Waals surface area contributed by atoms with E-state index in [4.69, 9.17) is 4.74 Å². The fourth-order valence-corrected chi connectivity index (χ4v) is 10.8. The second-order valence-electron chi connectivity index (χ2n) is 26.1. The molecule has 0 radical (unpaired) electrons. The number of hydrogen-bond acceptors (Lipinski definition) is 13. The molecule has 2 aromatic carbocycles. The third kappa shape index (κ3) is 22.7. The van der Waals surface area contributed by atoms with Gasteiger partial charge in [0.15, 0.2) is 0 Å². The fourth-order valence-electron chi connectivity index (χ4n) is 10.8. The van der Waals surface area contributed by atoms with Crippen molar-refractivity contribution in [2.75, 3.05) is 61.5 Å². The molecule has 1 fully saturated rings. The van der Waals surface area contributed by atoms with Crippen LogP contribution in [0.25, 0.3) is 5.57 Å². The number of hydrogen-bond donors (Lipinski definition) is 5. The Bertz CT molecular complexity index is 2710. The zero-order valence-electron chi connectivity index (χ0n) is 56.9. The predicted molar refractivity (Wildman–Crippen MR) is 349 cm³/mol. The van der Waals surface area contributed by atoms with Gasteiger partial charge in [-0.05, 0) is 127 Å². The molecule has 1 aliphatic rings. The first-order chi connectivity index (χ1) is 42.2. The number of nitrogens with zero attached hydrogens (tertiary/aromatic N) is 6. The Morgan fingerprint density at radius 1 is 0.689 bits per heavy atom. The summed E-state index contributed by atoms with van der Waals surface area (Å²) in [7, 11) is 7.56. The van der Waals surface area contributed by atoms with Crippen LogP contribution in [0.5, 0.6) is 0 Å². The molecule has 0 aromatic heterocycles. The highest BCUT2D eigenvalue weighted by molar-refractivity contribution is 6.01. The number of urea groups is 1. The van der Waals surface area contributed by atoms with Gasteiger partial charge in [0, 0.05) is 60.7 Å². The van der Waals surface area contributed by atoms with Crippen molar-refractivity contribution in [3.05, 3.63) is 77.9 Å². The molecular formula is C68H108N10O12. The Hall–Kier alpha value is -7.04. The van der Waals surface area contributed by atoms with Crippen molar-refractivity contribution in [2.24, 2.45) is 17.8 Å². The zero-order valence-corrected chi connectivity index (χ0v) is 56.9. The number of likely N-dealkylation sites (N-methyl/N-ethyl adjacent to an activating group) is 5. The van der Waals surface area contributed by atoms with E-state index < -0.39 is 102 Å². The number of amides is 10. The molecule has 90 heavy (non-hydrogen) atoms. The number of carbonyl (C=O) groups excluding carboxylic acids is 10. The van der Waals surface area contributed by atoms with Crippen LogP contribution in [-0.2, 0) is 54.3 Å². The number of nitrogens with one attached hydrogen (secondary N) is 4. The van der Waals surface area contributed by atoms with Crippen LogP contribution in [0.1, 0.15) is 164 Å². The summed E-state index contributed by atoms with van der Waals surface area (Å²) < 4.78 is 6.06. The molecule has 0 bridgehead atoms. The number of rotatable bonds is 34. The van der Waals surface area contributed by atoms with Crippen molar-refractivity contribution in [1.29, 1.82) is 0 Å². The van der Waals surface area contributed by atoms with E-state index in [-0.39, 0.29) is 68.4 Å². The average Bonchev–Trinajstić information content (AvgIpc) is 1.01. The van der Waals surface area contributed by atoms with Crippen LogP contribution in [0.2, 0.25) is 0 Å². The smallest absolute Gasteiger partial charge is 0.327 e. The SMILES string of the molecule is C=C(CCC(=O)N[C@@H](COC(C)(C)C)C(=O)N(CCC)C(=O)N(C)[C@@H](CC(C)C)C(=O)N[C@H](C(=O)N(C)[C@@H](Cc1ccccc1)C(=O)N(C)[C@H](C=O)CC(C)C)[C@@H](C)O)c1ccc([C@H](NC(=O)[C@H](C)N(C)C(=O)[C@@H](NC)[C@@H](C)CC)C(=O)N2CCCCC2)cc1. The number of imide groups is 1. The van der Waals surface area contributed by atoms with Crippen molar-refractivity contribution in [3.63, 3.8) is 0 Å². The molecule has 0 aliphatic carbocycles. The highest BCUT2D eigenvalue weighted by Crippen LogP contribution is 2.26. The fraction of sp³-hybridized carbons (Fsp3) is 0.647. The van der Waals surface area contributed by atoms with Crippen molar-refractivity contribution >= 4 is 65.1 Å². The van der Waals surface area contributed by atoms with E-state index in [0.717, 1.165) is 41.0 Å². The number of aliphatic hydroxyl groups is 1. The van der Waals surface area contributed by atoms with E-state index >= 15 is 0 Å². The van der Waals surface area contributed by atoms with Gasteiger partial charge in [-0.25, -0.2) is 4.79 Å². The molecule has 22 nitrogen and oxygen atoms in total. The van der Waals surface area contributed by atoms with Gasteiger partial charge in [0.2, 0.25) is 41.4 Å². The molecule has 5 N–H and O–H groups in total. The van der Waals surface area contributed by atoms with Crippen LogP contribution >= 0.6 is 0 Å². The molecule has 0 unspecified atom stereocenters. The molecule has 0 spiro atoms. The number of benzene rings is 2. The lowest BCUT2D eigenvalue weighted by Crippen LogP contribution is -2.62. The topological polar surface area (TPSA) is 268 Å². The molecule has 502 valence electrons. The van der Waals surface area contributed by atoms with Gasteiger partial charge < -0.3 is 60.4 Å². The van der Waals surface area contributed by atoms with Crippen LogP contribution in [-0.4, -0.2) is 210 Å². The van der Waals surface area contributed by atoms with Crippen molar-refractivity contribution < 1.29 is 57.8 Å². The van der Waals surface area contributed by atoms with Gasteiger partial charge in [0.25, 0.3) is 5.91 Å². The largest absolute Gasteiger partial charge is 0.391 e. The summed E-state index contributed by atoms with van der Waals surface area (Å²) in [4.78, 5) is 149. The summed E-state index contributed by atoms with van der Waals surface area (Å²) in [6, 6.07) is 6.47. The maximum Gasteiger partial charge on any atom is 0.327 e. The lowest BCUT2D eigenvalue weighted by Gasteiger charge is -2.37. The summed E-state index contributed by atoms with van der Waals surface area (Å²) >= 11 is 0. The van der Waals surface area contributed by atoms with Crippen molar-refractivity contribution in [3.8, 4) is 0 Å². The molecule has 1 saturated heterocycles. The van der Waals surface area contributed by atoms with Crippen LogP contribution in [0.3, 0.4) is 0 Å². The predicted octanol–water partition coefficient (Wildman–Crippen LogP) is 6.14. The second kappa shape index (κ2) is 36.7. The van der Waals surface area contributed by atoms with Crippen molar-refractivity contribution in [2.45, 2.75) is 207 Å². The molecule has 3 rings (SSSR count). The Balaban J connectivity index is 1.88. The standard InChI is InChI=1S/C68H108N10O12/c1-19-35-78(67(89)76(18)54(39-44(5)6)61(83)71-58(48(10)80)65(87)75(17)55(40-49-27-23-21-24-28-49)63(85)74(16)52(41-79)38-43(3)4)62(84)53(42-90-68(11,12)13)70-56(81)34-29-46(8)50-30-32-51(33-31-50)59(66(88)77-36-25-22-26-37-77)72-60(82)47(9)73(15)64(86)57(69-14)45(7)20-2/h21,23-24,27-28,30-33,41,43-45,47-48,52-55,57-59,69,80H,8,19-20,22,25-26,29,34-40,42H2,1-7,9-18H3,(H,70,81)(H,71,83)(H,72,82)/t45-,47-,48+,52-,53-,54-,55-,57-,58-,59-/m0/s1. The maximum atomic E-state index is 14.8. The quantitative estimate of drug-likeness (QED) is 0.0494. The van der Waals surface area contributed by atoms with E-state index in [1.807, 2.05) is 47.6 Å². The molecule has 22 heteroatoms. The Labute approximate surface area is 536 Å². The number of aliphatic hydroxyl groups excluding tert-OH is 1. The normalized spacial score (nSPS) is 15.9. The number of allylic oxidation sites excluding steroid dienone is 1. The van der Waals surface area contributed by atoms with Crippen LogP contribution in [0.15, 0.2) is 61.2 Å². The Morgan fingerprint density at radius 2 is 1.28 bits per heavy atom. The summed E-state index contributed by atoms with van der Waals surface area (Å²) in [5.41, 5.74) is 1.68. The first-order valence-corrected chi connectivity index (χ1v) is 32.1.